The van der Waals surface area contributed by atoms with Gasteiger partial charge in [-0.2, -0.15) is 5.26 Å². The Labute approximate surface area is 93.6 Å². The van der Waals surface area contributed by atoms with E-state index in [1.54, 1.807) is 12.1 Å². The summed E-state index contributed by atoms with van der Waals surface area (Å²) in [6.07, 6.45) is 3.47. The van der Waals surface area contributed by atoms with Gasteiger partial charge in [-0.15, -0.1) is 0 Å². The molecule has 0 spiro atoms. The van der Waals surface area contributed by atoms with Crippen molar-refractivity contribution in [1.29, 1.82) is 5.26 Å². The molecule has 16 heavy (non-hydrogen) atoms. The van der Waals surface area contributed by atoms with Gasteiger partial charge in [0, 0.05) is 12.1 Å². The van der Waals surface area contributed by atoms with Gasteiger partial charge in [0.1, 0.15) is 23.2 Å². The largest absolute Gasteiger partial charge is 0.462 e. The highest BCUT2D eigenvalue weighted by Crippen LogP contribution is 2.19. The van der Waals surface area contributed by atoms with Gasteiger partial charge in [-0.05, 0) is 31.9 Å². The Bertz CT molecular complexity index is 475. The zero-order valence-corrected chi connectivity index (χ0v) is 8.99. The van der Waals surface area contributed by atoms with E-state index >= 15 is 0 Å². The molecule has 0 aliphatic heterocycles. The first-order valence-corrected chi connectivity index (χ1v) is 5.18. The predicted octanol–water partition coefficient (Wildman–Crippen LogP) is 1.77. The Morgan fingerprint density at radius 1 is 1.62 bits per heavy atom. The van der Waals surface area contributed by atoms with Crippen LogP contribution in [0, 0.1) is 18.3 Å². The van der Waals surface area contributed by atoms with Gasteiger partial charge in [-0.1, -0.05) is 0 Å². The molecule has 0 atom stereocenters. The minimum absolute atomic E-state index is 0.0845. The van der Waals surface area contributed by atoms with Crippen molar-refractivity contribution < 1.29 is 9.21 Å². The molecule has 0 radical (unpaired) electrons. The predicted molar refractivity (Wildman–Crippen MR) is 58.2 cm³/mol. The number of hydrogen-bond acceptors (Lipinski definition) is 3. The van der Waals surface area contributed by atoms with Crippen molar-refractivity contribution in [3.8, 4) is 6.07 Å². The highest BCUT2D eigenvalue weighted by Gasteiger charge is 2.24. The van der Waals surface area contributed by atoms with Crippen molar-refractivity contribution in [2.24, 2.45) is 0 Å². The van der Waals surface area contributed by atoms with Gasteiger partial charge in [0.2, 0.25) is 0 Å². The van der Waals surface area contributed by atoms with Crippen LogP contribution in [0.4, 0.5) is 0 Å². The number of hydrogen-bond donors (Lipinski definition) is 1. The number of amides is 1. The fraction of sp³-hybridized carbons (Fsp3) is 0.333. The van der Waals surface area contributed by atoms with Crippen LogP contribution in [-0.2, 0) is 4.79 Å². The van der Waals surface area contributed by atoms with Gasteiger partial charge in [-0.3, -0.25) is 4.79 Å². The van der Waals surface area contributed by atoms with E-state index in [4.69, 9.17) is 9.68 Å². The third-order valence-corrected chi connectivity index (χ3v) is 2.33. The number of nitriles is 1. The normalized spacial score (nSPS) is 15.6. The lowest BCUT2D eigenvalue weighted by Crippen LogP contribution is -2.26. The summed E-state index contributed by atoms with van der Waals surface area (Å²) in [5.41, 5.74) is 0.0845. The molecule has 0 bridgehead atoms. The lowest BCUT2D eigenvalue weighted by molar-refractivity contribution is -0.117. The second-order valence-corrected chi connectivity index (χ2v) is 3.87. The molecule has 2 rings (SSSR count). The van der Waals surface area contributed by atoms with Crippen LogP contribution in [0.5, 0.6) is 0 Å². The van der Waals surface area contributed by atoms with Crippen LogP contribution < -0.4 is 5.32 Å². The Hall–Kier alpha value is -2.02. The van der Waals surface area contributed by atoms with Gasteiger partial charge in [0.15, 0.2) is 0 Å². The van der Waals surface area contributed by atoms with E-state index in [1.165, 1.54) is 6.08 Å². The number of nitrogens with zero attached hydrogens (tertiary/aromatic N) is 1. The Morgan fingerprint density at radius 2 is 2.38 bits per heavy atom. The van der Waals surface area contributed by atoms with Gasteiger partial charge in [0.25, 0.3) is 5.91 Å². The van der Waals surface area contributed by atoms with Gasteiger partial charge < -0.3 is 9.73 Å². The minimum Gasteiger partial charge on any atom is -0.462 e. The zero-order valence-electron chi connectivity index (χ0n) is 8.99. The zero-order chi connectivity index (χ0) is 11.5. The smallest absolute Gasteiger partial charge is 0.262 e. The first-order valence-electron chi connectivity index (χ1n) is 5.18. The first-order chi connectivity index (χ1) is 7.69. The van der Waals surface area contributed by atoms with E-state index in [0.29, 0.717) is 5.76 Å². The number of rotatable bonds is 3. The van der Waals surface area contributed by atoms with Crippen LogP contribution in [0.15, 0.2) is 22.1 Å². The molecule has 0 saturated heterocycles. The average molecular weight is 216 g/mol. The molecule has 0 aromatic carbocycles. The van der Waals surface area contributed by atoms with E-state index in [0.717, 1.165) is 18.6 Å². The van der Waals surface area contributed by atoms with Crippen LogP contribution in [-0.4, -0.2) is 11.9 Å². The van der Waals surface area contributed by atoms with Crippen LogP contribution in [0.2, 0.25) is 0 Å². The Kier molecular flexibility index (Phi) is 2.78. The summed E-state index contributed by atoms with van der Waals surface area (Å²) in [5, 5.41) is 11.6. The maximum atomic E-state index is 11.6. The molecular weight excluding hydrogens is 204 g/mol. The molecule has 1 fully saturated rings. The van der Waals surface area contributed by atoms with Crippen molar-refractivity contribution in [3.05, 3.63) is 29.2 Å². The third-order valence-electron chi connectivity index (χ3n) is 2.33. The minimum atomic E-state index is -0.320. The lowest BCUT2D eigenvalue weighted by Gasteiger charge is -1.99. The monoisotopic (exact) mass is 216 g/mol. The van der Waals surface area contributed by atoms with Crippen molar-refractivity contribution in [2.45, 2.75) is 25.8 Å². The van der Waals surface area contributed by atoms with E-state index in [9.17, 15) is 4.79 Å². The van der Waals surface area contributed by atoms with Gasteiger partial charge >= 0.3 is 0 Å². The standard InChI is InChI=1S/C12H12N2O2/c1-8-2-5-11(16-8)6-9(7-13)12(15)14-10-3-4-10/h2,5-6,10H,3-4H2,1H3,(H,14,15)/b9-6+. The van der Waals surface area contributed by atoms with Gasteiger partial charge in [-0.25, -0.2) is 0 Å². The molecule has 0 unspecified atom stereocenters. The average Bonchev–Trinajstić information content (AvgIpc) is 2.97. The van der Waals surface area contributed by atoms with E-state index in [2.05, 4.69) is 5.32 Å². The molecule has 1 N–H and O–H groups in total. The molecule has 1 amide bonds. The molecule has 1 aromatic rings. The first kappa shape index (κ1) is 10.5. The fourth-order valence-corrected chi connectivity index (χ4v) is 1.31. The summed E-state index contributed by atoms with van der Waals surface area (Å²) in [6.45, 7) is 1.81. The summed E-state index contributed by atoms with van der Waals surface area (Å²) in [4.78, 5) is 11.6. The maximum Gasteiger partial charge on any atom is 0.262 e. The quantitative estimate of drug-likeness (QED) is 0.618. The fourth-order valence-electron chi connectivity index (χ4n) is 1.31. The lowest BCUT2D eigenvalue weighted by atomic mass is 10.2. The molecule has 4 nitrogen and oxygen atoms in total. The summed E-state index contributed by atoms with van der Waals surface area (Å²) in [7, 11) is 0. The van der Waals surface area contributed by atoms with Gasteiger partial charge in [0.05, 0.1) is 0 Å². The number of nitrogens with one attached hydrogen (secondary N) is 1. The number of aryl methyl sites for hydroxylation is 1. The molecule has 1 aromatic heterocycles. The number of carbonyl (C=O) groups is 1. The molecule has 1 heterocycles. The molecule has 1 aliphatic carbocycles. The van der Waals surface area contributed by atoms with Crippen LogP contribution >= 0.6 is 0 Å². The SMILES string of the molecule is Cc1ccc(/C=C(\C#N)C(=O)NC2CC2)o1. The topological polar surface area (TPSA) is 66.0 Å². The second-order valence-electron chi connectivity index (χ2n) is 3.87. The van der Waals surface area contributed by atoms with Crippen LogP contribution in [0.25, 0.3) is 6.08 Å². The molecule has 1 saturated carbocycles. The van der Waals surface area contributed by atoms with Crippen molar-refractivity contribution in [1.82, 2.24) is 5.32 Å². The van der Waals surface area contributed by atoms with E-state index in [-0.39, 0.29) is 17.5 Å². The van der Waals surface area contributed by atoms with Crippen molar-refractivity contribution >= 4 is 12.0 Å². The van der Waals surface area contributed by atoms with Crippen molar-refractivity contribution in [2.75, 3.05) is 0 Å². The summed E-state index contributed by atoms with van der Waals surface area (Å²) in [6, 6.07) is 5.66. The molecule has 4 heteroatoms. The Balaban J connectivity index is 2.11. The number of carbonyl (C=O) groups excluding carboxylic acids is 1. The van der Waals surface area contributed by atoms with E-state index < -0.39 is 0 Å². The van der Waals surface area contributed by atoms with E-state index in [1.807, 2.05) is 13.0 Å². The number of furan rings is 1. The Morgan fingerprint density at radius 3 is 2.88 bits per heavy atom. The maximum absolute atomic E-state index is 11.6. The second kappa shape index (κ2) is 4.23. The van der Waals surface area contributed by atoms with Crippen LogP contribution in [0.1, 0.15) is 24.4 Å². The third kappa shape index (κ3) is 2.51. The van der Waals surface area contributed by atoms with Crippen LogP contribution in [0.3, 0.4) is 0 Å². The molecular formula is C12H12N2O2. The van der Waals surface area contributed by atoms with Crippen molar-refractivity contribution in [3.63, 3.8) is 0 Å². The summed E-state index contributed by atoms with van der Waals surface area (Å²) < 4.78 is 5.28. The molecule has 1 aliphatic rings. The summed E-state index contributed by atoms with van der Waals surface area (Å²) >= 11 is 0. The highest BCUT2D eigenvalue weighted by atomic mass is 16.3. The molecule has 82 valence electrons. The highest BCUT2D eigenvalue weighted by molar-refractivity contribution is 6.01. The summed E-state index contributed by atoms with van der Waals surface area (Å²) in [5.74, 6) is 0.963.